The van der Waals surface area contributed by atoms with Gasteiger partial charge in [0.1, 0.15) is 42.7 Å². The summed E-state index contributed by atoms with van der Waals surface area (Å²) in [6.45, 7) is -0.637. The van der Waals surface area contributed by atoms with Gasteiger partial charge in [-0.2, -0.15) is 0 Å². The number of alkyl carbamates (subject to hydrolysis) is 1. The normalized spacial score (nSPS) is 39.3. The number of hydrogen-bond donors (Lipinski definition) is 8. The predicted molar refractivity (Wildman–Crippen MR) is 106 cm³/mol. The van der Waals surface area contributed by atoms with Crippen LogP contribution in [0.2, 0.25) is 0 Å². The largest absolute Gasteiger partial charge is 0.440 e. The Bertz CT molecular complexity index is 586. The summed E-state index contributed by atoms with van der Waals surface area (Å²) in [5.74, 6) is 0. The number of carbonyl (C=O) groups is 1. The molecule has 0 radical (unpaired) electrons. The third-order valence-electron chi connectivity index (χ3n) is 5.16. The van der Waals surface area contributed by atoms with Crippen LogP contribution in [0.4, 0.5) is 4.79 Å². The number of aliphatic hydroxyl groups excluding tert-OH is 6. The average Bonchev–Trinajstić information content (AvgIpc) is 2.82. The highest BCUT2D eigenvalue weighted by Crippen LogP contribution is 2.30. The number of nitrogens with one attached hydrogen (secondary N) is 1. The lowest BCUT2D eigenvalue weighted by molar-refractivity contribution is -0.367. The Morgan fingerprint density at radius 2 is 1.52 bits per heavy atom. The van der Waals surface area contributed by atoms with Gasteiger partial charge in [0.2, 0.25) is 0 Å². The first-order valence-corrected chi connectivity index (χ1v) is 10.5. The van der Waals surface area contributed by atoms with Crippen molar-refractivity contribution in [2.45, 2.75) is 61.4 Å². The Kier molecular flexibility index (Phi) is 11.6. The number of ether oxygens (including phenoxy) is 6. The van der Waals surface area contributed by atoms with Crippen molar-refractivity contribution in [3.8, 4) is 0 Å². The highest BCUT2D eigenvalue weighted by atomic mass is 16.8. The molecule has 10 atom stereocenters. The lowest BCUT2D eigenvalue weighted by Gasteiger charge is -2.46. The summed E-state index contributed by atoms with van der Waals surface area (Å²) >= 11 is 0. The Balaban J connectivity index is 2.11. The fourth-order valence-corrected chi connectivity index (χ4v) is 3.39. The maximum Gasteiger partial charge on any atom is 0.407 e. The van der Waals surface area contributed by atoms with Crippen LogP contribution in [0.15, 0.2) is 0 Å². The standard InChI is InChI=1S/C18H34N2O13/c1-20-18(27)33-14-9(7-22)31-16(13(26)12(14)25)32-15-11(24)10(23)8(6-21)30-17(15)29-5-4-28-3-2-19/h8-17,21-26H,2-7,19H2,1H3,(H,20,27)/t8-,9+,10+,11-,12+,13-,14+,15-,16+,17?/m0/s1. The van der Waals surface area contributed by atoms with Gasteiger partial charge in [0, 0.05) is 13.6 Å². The minimum absolute atomic E-state index is 0.0243. The van der Waals surface area contributed by atoms with Gasteiger partial charge in [0.25, 0.3) is 0 Å². The first-order chi connectivity index (χ1) is 15.8. The molecule has 2 aliphatic heterocycles. The van der Waals surface area contributed by atoms with Gasteiger partial charge >= 0.3 is 6.09 Å². The van der Waals surface area contributed by atoms with Crippen molar-refractivity contribution in [1.29, 1.82) is 0 Å². The molecule has 2 aliphatic rings. The SMILES string of the molecule is CNC(=O)O[C@H]1[C@H](O)[C@H](O)[C@@H](O[C@@H]2C(OCCOCCN)O[C@@H](CO)[C@@H](O)[C@@H]2O)O[C@@H]1CO. The van der Waals surface area contributed by atoms with Crippen molar-refractivity contribution in [1.82, 2.24) is 5.32 Å². The van der Waals surface area contributed by atoms with Crippen LogP contribution in [0.5, 0.6) is 0 Å². The van der Waals surface area contributed by atoms with E-state index in [0.717, 1.165) is 0 Å². The molecule has 2 fully saturated rings. The Morgan fingerprint density at radius 1 is 0.879 bits per heavy atom. The van der Waals surface area contributed by atoms with E-state index in [2.05, 4.69) is 5.32 Å². The van der Waals surface area contributed by atoms with Crippen molar-refractivity contribution >= 4 is 6.09 Å². The second-order valence-corrected chi connectivity index (χ2v) is 7.41. The van der Waals surface area contributed by atoms with Gasteiger partial charge in [-0.3, -0.25) is 0 Å². The highest BCUT2D eigenvalue weighted by molar-refractivity contribution is 5.67. The molecule has 0 aliphatic carbocycles. The Hall–Kier alpha value is -1.21. The van der Waals surface area contributed by atoms with Gasteiger partial charge in [-0.25, -0.2) is 4.79 Å². The highest BCUT2D eigenvalue weighted by Gasteiger charge is 2.52. The van der Waals surface area contributed by atoms with Crippen molar-refractivity contribution in [2.75, 3.05) is 46.6 Å². The van der Waals surface area contributed by atoms with Crippen LogP contribution < -0.4 is 11.1 Å². The van der Waals surface area contributed by atoms with Crippen molar-refractivity contribution in [2.24, 2.45) is 5.73 Å². The maximum absolute atomic E-state index is 11.5. The van der Waals surface area contributed by atoms with Crippen LogP contribution >= 0.6 is 0 Å². The van der Waals surface area contributed by atoms with E-state index in [1.165, 1.54) is 7.05 Å². The van der Waals surface area contributed by atoms with Gasteiger partial charge < -0.3 is 70.1 Å². The molecule has 194 valence electrons. The molecular formula is C18H34N2O13. The summed E-state index contributed by atoms with van der Waals surface area (Å²) < 4.78 is 32.2. The molecule has 0 aromatic carbocycles. The predicted octanol–water partition coefficient (Wildman–Crippen LogP) is -5.03. The first kappa shape index (κ1) is 28.0. The van der Waals surface area contributed by atoms with Crippen LogP contribution in [0.25, 0.3) is 0 Å². The summed E-state index contributed by atoms with van der Waals surface area (Å²) in [5, 5.41) is 62.8. The summed E-state index contributed by atoms with van der Waals surface area (Å²) in [5.41, 5.74) is 5.33. The van der Waals surface area contributed by atoms with E-state index >= 15 is 0 Å². The van der Waals surface area contributed by atoms with E-state index in [4.69, 9.17) is 34.2 Å². The molecule has 1 unspecified atom stereocenters. The van der Waals surface area contributed by atoms with Gasteiger partial charge in [0.05, 0.1) is 33.0 Å². The molecule has 0 spiro atoms. The molecule has 9 N–H and O–H groups in total. The Labute approximate surface area is 189 Å². The van der Waals surface area contributed by atoms with E-state index in [9.17, 15) is 35.4 Å². The number of aliphatic hydroxyl groups is 6. The van der Waals surface area contributed by atoms with Gasteiger partial charge in [-0.05, 0) is 0 Å². The summed E-state index contributed by atoms with van der Waals surface area (Å²) in [6, 6.07) is 0. The lowest BCUT2D eigenvalue weighted by atomic mass is 9.97. The fraction of sp³-hybridized carbons (Fsp3) is 0.944. The third kappa shape index (κ3) is 7.14. The molecule has 2 heterocycles. The molecule has 0 aromatic heterocycles. The van der Waals surface area contributed by atoms with Gasteiger partial charge in [-0.15, -0.1) is 0 Å². The molecule has 0 aromatic rings. The minimum atomic E-state index is -1.78. The monoisotopic (exact) mass is 486 g/mol. The zero-order valence-corrected chi connectivity index (χ0v) is 18.1. The molecule has 0 bridgehead atoms. The third-order valence-corrected chi connectivity index (χ3v) is 5.16. The number of rotatable bonds is 11. The molecule has 15 nitrogen and oxygen atoms in total. The zero-order chi connectivity index (χ0) is 24.5. The van der Waals surface area contributed by atoms with Crippen molar-refractivity contribution in [3.05, 3.63) is 0 Å². The van der Waals surface area contributed by atoms with Gasteiger partial charge in [-0.1, -0.05) is 0 Å². The molecule has 2 rings (SSSR count). The topological polar surface area (TPSA) is 232 Å². The first-order valence-electron chi connectivity index (χ1n) is 10.5. The van der Waals surface area contributed by atoms with Crippen LogP contribution in [0.1, 0.15) is 0 Å². The average molecular weight is 486 g/mol. The number of nitrogens with two attached hydrogens (primary N) is 1. The molecule has 1 amide bonds. The number of amides is 1. The maximum atomic E-state index is 11.5. The smallest absolute Gasteiger partial charge is 0.407 e. The zero-order valence-electron chi connectivity index (χ0n) is 18.1. The van der Waals surface area contributed by atoms with Crippen molar-refractivity contribution in [3.63, 3.8) is 0 Å². The van der Waals surface area contributed by atoms with Gasteiger partial charge in [0.15, 0.2) is 18.7 Å². The van der Waals surface area contributed by atoms with Crippen LogP contribution in [-0.4, -0.2) is 145 Å². The molecule has 2 saturated heterocycles. The van der Waals surface area contributed by atoms with Crippen LogP contribution in [-0.2, 0) is 28.4 Å². The lowest BCUT2D eigenvalue weighted by Crippen LogP contribution is -2.65. The number of hydrogen-bond acceptors (Lipinski definition) is 14. The molecule has 33 heavy (non-hydrogen) atoms. The quantitative estimate of drug-likeness (QED) is 0.128. The van der Waals surface area contributed by atoms with Crippen LogP contribution in [0, 0.1) is 0 Å². The summed E-state index contributed by atoms with van der Waals surface area (Å²) in [6.07, 6.45) is -16.0. The van der Waals surface area contributed by atoms with Crippen LogP contribution in [0.3, 0.4) is 0 Å². The van der Waals surface area contributed by atoms with E-state index < -0.39 is 80.7 Å². The fourth-order valence-electron chi connectivity index (χ4n) is 3.39. The summed E-state index contributed by atoms with van der Waals surface area (Å²) in [4.78, 5) is 11.5. The van der Waals surface area contributed by atoms with E-state index in [1.54, 1.807) is 0 Å². The van der Waals surface area contributed by atoms with E-state index in [1.807, 2.05) is 0 Å². The van der Waals surface area contributed by atoms with E-state index in [-0.39, 0.29) is 19.8 Å². The summed E-state index contributed by atoms with van der Waals surface area (Å²) in [7, 11) is 1.28. The molecule has 15 heteroatoms. The van der Waals surface area contributed by atoms with E-state index in [0.29, 0.717) is 6.54 Å². The number of carbonyl (C=O) groups excluding carboxylic acids is 1. The Morgan fingerprint density at radius 3 is 2.12 bits per heavy atom. The second-order valence-electron chi connectivity index (χ2n) is 7.41. The second kappa shape index (κ2) is 13.6. The molecular weight excluding hydrogens is 452 g/mol. The minimum Gasteiger partial charge on any atom is -0.440 e. The molecule has 0 saturated carbocycles. The van der Waals surface area contributed by atoms with Crippen molar-refractivity contribution < 1.29 is 63.9 Å².